The van der Waals surface area contributed by atoms with Crippen molar-refractivity contribution in [2.75, 3.05) is 53.9 Å². The molecule has 0 aliphatic rings. The fraction of sp³-hybridized carbons (Fsp3) is 0.696. The van der Waals surface area contributed by atoms with Crippen LogP contribution < -0.4 is 15.4 Å². The van der Waals surface area contributed by atoms with Crippen LogP contribution in [0.4, 0.5) is 0 Å². The highest BCUT2D eigenvalue weighted by Gasteiger charge is 2.15. The highest BCUT2D eigenvalue weighted by atomic mass is 16.5. The first-order chi connectivity index (χ1) is 13.9. The summed E-state index contributed by atoms with van der Waals surface area (Å²) < 4.78 is 5.28. The summed E-state index contributed by atoms with van der Waals surface area (Å²) in [5.41, 5.74) is 1.24. The lowest BCUT2D eigenvalue weighted by Crippen LogP contribution is -2.43. The quantitative estimate of drug-likeness (QED) is 0.389. The first-order valence-electron chi connectivity index (χ1n) is 11.0. The number of nitrogens with zero attached hydrogens (tertiary/aromatic N) is 3. The number of methoxy groups -OCH3 is 1. The van der Waals surface area contributed by atoms with Crippen molar-refractivity contribution in [3.63, 3.8) is 0 Å². The van der Waals surface area contributed by atoms with Crippen molar-refractivity contribution in [2.24, 2.45) is 4.99 Å². The number of hydrogen-bond acceptors (Lipinski definition) is 4. The molecule has 166 valence electrons. The van der Waals surface area contributed by atoms with Crippen LogP contribution in [0.15, 0.2) is 29.3 Å². The Hall–Kier alpha value is -1.79. The molecule has 29 heavy (non-hydrogen) atoms. The standard InChI is InChI=1S/C23H43N5O/c1-8-24-23(26-19(4)12-11-17-28(9-2)10-3)25-18-22(27(5)6)20-13-15-21(29-7)16-14-20/h13-16,19,22H,8-12,17-18H2,1-7H3,(H2,24,25,26). The van der Waals surface area contributed by atoms with Crippen molar-refractivity contribution >= 4 is 5.96 Å². The third kappa shape index (κ3) is 9.50. The Bertz CT molecular complexity index is 569. The van der Waals surface area contributed by atoms with E-state index in [1.54, 1.807) is 7.11 Å². The second-order valence-corrected chi connectivity index (χ2v) is 7.69. The minimum Gasteiger partial charge on any atom is -0.497 e. The first kappa shape index (κ1) is 25.2. The molecular weight excluding hydrogens is 362 g/mol. The van der Waals surface area contributed by atoms with E-state index in [2.05, 4.69) is 74.4 Å². The van der Waals surface area contributed by atoms with Crippen LogP contribution >= 0.6 is 0 Å². The number of guanidine groups is 1. The Balaban J connectivity index is 2.69. The van der Waals surface area contributed by atoms with Gasteiger partial charge in [0.05, 0.1) is 19.7 Å². The monoisotopic (exact) mass is 405 g/mol. The number of aliphatic imine (C=N–C) groups is 1. The van der Waals surface area contributed by atoms with E-state index >= 15 is 0 Å². The molecule has 1 aromatic rings. The molecule has 1 aromatic carbocycles. The molecule has 0 saturated carbocycles. The molecule has 6 nitrogen and oxygen atoms in total. The van der Waals surface area contributed by atoms with Crippen LogP contribution in [0.5, 0.6) is 5.75 Å². The maximum absolute atomic E-state index is 5.28. The van der Waals surface area contributed by atoms with Gasteiger partial charge in [-0.15, -0.1) is 0 Å². The lowest BCUT2D eigenvalue weighted by molar-refractivity contribution is 0.292. The van der Waals surface area contributed by atoms with Crippen LogP contribution in [-0.2, 0) is 0 Å². The molecular formula is C23H43N5O. The molecule has 0 amide bonds. The second kappa shape index (κ2) is 14.2. The third-order valence-electron chi connectivity index (χ3n) is 5.28. The number of rotatable bonds is 13. The predicted molar refractivity (Wildman–Crippen MR) is 125 cm³/mol. The van der Waals surface area contributed by atoms with Crippen LogP contribution in [0.3, 0.4) is 0 Å². The fourth-order valence-electron chi connectivity index (χ4n) is 3.36. The van der Waals surface area contributed by atoms with Crippen molar-refractivity contribution in [3.05, 3.63) is 29.8 Å². The van der Waals surface area contributed by atoms with Gasteiger partial charge in [-0.25, -0.2) is 0 Å². The Morgan fingerprint density at radius 1 is 1.10 bits per heavy atom. The van der Waals surface area contributed by atoms with Gasteiger partial charge < -0.3 is 25.2 Å². The topological polar surface area (TPSA) is 52.1 Å². The summed E-state index contributed by atoms with van der Waals surface area (Å²) in [7, 11) is 5.89. The van der Waals surface area contributed by atoms with E-state index in [0.717, 1.165) is 44.3 Å². The summed E-state index contributed by atoms with van der Waals surface area (Å²) in [6.07, 6.45) is 2.33. The van der Waals surface area contributed by atoms with Gasteiger partial charge in [0.25, 0.3) is 0 Å². The molecule has 6 heteroatoms. The van der Waals surface area contributed by atoms with E-state index in [0.29, 0.717) is 12.6 Å². The Morgan fingerprint density at radius 3 is 2.28 bits per heavy atom. The van der Waals surface area contributed by atoms with E-state index in [-0.39, 0.29) is 6.04 Å². The van der Waals surface area contributed by atoms with Gasteiger partial charge in [-0.05, 0) is 78.1 Å². The molecule has 2 unspecified atom stereocenters. The third-order valence-corrected chi connectivity index (χ3v) is 5.28. The van der Waals surface area contributed by atoms with Crippen LogP contribution in [0, 0.1) is 0 Å². The van der Waals surface area contributed by atoms with E-state index in [1.807, 2.05) is 12.1 Å². The number of likely N-dealkylation sites (N-methyl/N-ethyl adjacent to an activating group) is 1. The zero-order valence-corrected chi connectivity index (χ0v) is 19.7. The summed E-state index contributed by atoms with van der Waals surface area (Å²) in [5, 5.41) is 6.96. The average molecular weight is 406 g/mol. The molecule has 0 fully saturated rings. The lowest BCUT2D eigenvalue weighted by Gasteiger charge is -2.25. The van der Waals surface area contributed by atoms with Gasteiger partial charge in [-0.1, -0.05) is 26.0 Å². The molecule has 1 rings (SSSR count). The second-order valence-electron chi connectivity index (χ2n) is 7.69. The summed E-state index contributed by atoms with van der Waals surface area (Å²) in [6, 6.07) is 8.87. The first-order valence-corrected chi connectivity index (χ1v) is 11.0. The summed E-state index contributed by atoms with van der Waals surface area (Å²) in [5.74, 6) is 1.77. The molecule has 0 spiro atoms. The summed E-state index contributed by atoms with van der Waals surface area (Å²) >= 11 is 0. The van der Waals surface area contributed by atoms with Gasteiger partial charge in [0.1, 0.15) is 5.75 Å². The average Bonchev–Trinajstić information content (AvgIpc) is 2.71. The van der Waals surface area contributed by atoms with Gasteiger partial charge in [0, 0.05) is 12.6 Å². The lowest BCUT2D eigenvalue weighted by atomic mass is 10.1. The van der Waals surface area contributed by atoms with Crippen molar-refractivity contribution in [1.82, 2.24) is 20.4 Å². The van der Waals surface area contributed by atoms with Crippen LogP contribution in [-0.4, -0.2) is 75.7 Å². The SMILES string of the molecule is CCNC(=NCC(c1ccc(OC)cc1)N(C)C)NC(C)CCCN(CC)CC. The minimum atomic E-state index is 0.217. The van der Waals surface area contributed by atoms with Crippen LogP contribution in [0.25, 0.3) is 0 Å². The van der Waals surface area contributed by atoms with Gasteiger partial charge in [-0.3, -0.25) is 4.99 Å². The number of nitrogens with one attached hydrogen (secondary N) is 2. The Labute approximate surface area is 178 Å². The summed E-state index contributed by atoms with van der Waals surface area (Å²) in [4.78, 5) is 9.57. The molecule has 0 radical (unpaired) electrons. The Kier molecular flexibility index (Phi) is 12.4. The largest absolute Gasteiger partial charge is 0.497 e. The highest BCUT2D eigenvalue weighted by Crippen LogP contribution is 2.21. The van der Waals surface area contributed by atoms with Crippen molar-refractivity contribution in [1.29, 1.82) is 0 Å². The molecule has 0 saturated heterocycles. The van der Waals surface area contributed by atoms with Gasteiger partial charge in [0.2, 0.25) is 0 Å². The molecule has 2 atom stereocenters. The van der Waals surface area contributed by atoms with E-state index in [9.17, 15) is 0 Å². The minimum absolute atomic E-state index is 0.217. The van der Waals surface area contributed by atoms with Crippen LogP contribution in [0.2, 0.25) is 0 Å². The van der Waals surface area contributed by atoms with Crippen molar-refractivity contribution in [2.45, 2.75) is 52.6 Å². The van der Waals surface area contributed by atoms with E-state index in [1.165, 1.54) is 12.0 Å². The van der Waals surface area contributed by atoms with Gasteiger partial charge in [-0.2, -0.15) is 0 Å². The van der Waals surface area contributed by atoms with Gasteiger partial charge >= 0.3 is 0 Å². The van der Waals surface area contributed by atoms with Crippen molar-refractivity contribution < 1.29 is 4.74 Å². The Morgan fingerprint density at radius 2 is 1.76 bits per heavy atom. The molecule has 0 heterocycles. The molecule has 0 aromatic heterocycles. The van der Waals surface area contributed by atoms with Crippen molar-refractivity contribution in [3.8, 4) is 5.75 Å². The molecule has 0 bridgehead atoms. The normalized spacial score (nSPS) is 14.2. The van der Waals surface area contributed by atoms with Gasteiger partial charge in [0.15, 0.2) is 5.96 Å². The predicted octanol–water partition coefficient (Wildman–Crippen LogP) is 3.36. The highest BCUT2D eigenvalue weighted by molar-refractivity contribution is 5.80. The molecule has 0 aliphatic carbocycles. The number of hydrogen-bond donors (Lipinski definition) is 2. The smallest absolute Gasteiger partial charge is 0.191 e. The maximum Gasteiger partial charge on any atom is 0.191 e. The molecule has 2 N–H and O–H groups in total. The van der Waals surface area contributed by atoms with E-state index < -0.39 is 0 Å². The maximum atomic E-state index is 5.28. The zero-order valence-electron chi connectivity index (χ0n) is 19.7. The zero-order chi connectivity index (χ0) is 21.6. The fourth-order valence-corrected chi connectivity index (χ4v) is 3.36. The van der Waals surface area contributed by atoms with Crippen LogP contribution in [0.1, 0.15) is 52.1 Å². The molecule has 0 aliphatic heterocycles. The number of ether oxygens (including phenoxy) is 1. The van der Waals surface area contributed by atoms with E-state index in [4.69, 9.17) is 9.73 Å². The number of benzene rings is 1. The summed E-state index contributed by atoms with van der Waals surface area (Å²) in [6.45, 7) is 13.8.